The zero-order chi connectivity index (χ0) is 15.6. The number of aromatic nitrogens is 2. The molecular weight excluding hydrogens is 364 g/mol. The molecule has 7 heteroatoms. The maximum Gasteiger partial charge on any atom is 0.250 e. The van der Waals surface area contributed by atoms with E-state index in [9.17, 15) is 4.79 Å². The number of carbonyl (C=O) groups excluding carboxylic acids is 1. The third kappa shape index (κ3) is 2.98. The first-order valence-corrected chi connectivity index (χ1v) is 8.98. The Labute approximate surface area is 142 Å². The molecule has 1 N–H and O–H groups in total. The van der Waals surface area contributed by atoms with Gasteiger partial charge in [-0.1, -0.05) is 0 Å². The maximum absolute atomic E-state index is 13.2. The standard InChI is InChI=1S/C15H19BrN4OS/c1-19(10-12-9-13(16)22-11-12)14(21)15(3-6-17-7-4-15)20-8-2-5-18-20/h2,5,8-9,11,17H,3-4,6-7,10H2,1H3. The van der Waals surface area contributed by atoms with Crippen molar-refractivity contribution in [3.8, 4) is 0 Å². The van der Waals surface area contributed by atoms with Gasteiger partial charge in [-0.2, -0.15) is 5.10 Å². The molecule has 1 aliphatic heterocycles. The molecule has 5 nitrogen and oxygen atoms in total. The van der Waals surface area contributed by atoms with E-state index in [1.807, 2.05) is 28.9 Å². The second-order valence-corrected chi connectivity index (χ2v) is 7.94. The fourth-order valence-corrected chi connectivity index (χ4v) is 4.23. The number of halogens is 1. The molecular formula is C15H19BrN4OS. The van der Waals surface area contributed by atoms with E-state index in [4.69, 9.17) is 0 Å². The molecule has 1 aliphatic rings. The molecule has 1 amide bonds. The van der Waals surface area contributed by atoms with Crippen molar-refractivity contribution in [2.24, 2.45) is 0 Å². The van der Waals surface area contributed by atoms with Crippen molar-refractivity contribution in [3.05, 3.63) is 39.3 Å². The molecule has 0 aliphatic carbocycles. The molecule has 3 heterocycles. The summed E-state index contributed by atoms with van der Waals surface area (Å²) >= 11 is 5.11. The number of carbonyl (C=O) groups is 1. The van der Waals surface area contributed by atoms with E-state index in [1.54, 1.807) is 17.5 Å². The third-order valence-corrected chi connectivity index (χ3v) is 5.71. The van der Waals surface area contributed by atoms with Gasteiger partial charge in [0.15, 0.2) is 0 Å². The molecule has 0 atom stereocenters. The lowest BCUT2D eigenvalue weighted by molar-refractivity contribution is -0.142. The molecule has 2 aromatic heterocycles. The third-order valence-electron chi connectivity index (χ3n) is 4.16. The van der Waals surface area contributed by atoms with Crippen molar-refractivity contribution in [3.63, 3.8) is 0 Å². The van der Waals surface area contributed by atoms with Crippen molar-refractivity contribution < 1.29 is 4.79 Å². The summed E-state index contributed by atoms with van der Waals surface area (Å²) in [5, 5.41) is 9.77. The van der Waals surface area contributed by atoms with Gasteiger partial charge < -0.3 is 10.2 Å². The predicted octanol–water partition coefficient (Wildman–Crippen LogP) is 2.44. The molecule has 0 saturated carbocycles. The van der Waals surface area contributed by atoms with Crippen LogP contribution in [0.25, 0.3) is 0 Å². The van der Waals surface area contributed by atoms with E-state index in [-0.39, 0.29) is 5.91 Å². The van der Waals surface area contributed by atoms with E-state index >= 15 is 0 Å². The number of hydrogen-bond donors (Lipinski definition) is 1. The lowest BCUT2D eigenvalue weighted by atomic mass is 9.87. The Morgan fingerprint density at radius 2 is 2.32 bits per heavy atom. The largest absolute Gasteiger partial charge is 0.339 e. The molecule has 1 fully saturated rings. The highest BCUT2D eigenvalue weighted by Gasteiger charge is 2.43. The molecule has 1 saturated heterocycles. The van der Waals surface area contributed by atoms with E-state index in [0.717, 1.165) is 35.3 Å². The topological polar surface area (TPSA) is 50.2 Å². The van der Waals surface area contributed by atoms with Gasteiger partial charge in [0.05, 0.1) is 3.79 Å². The summed E-state index contributed by atoms with van der Waals surface area (Å²) < 4.78 is 2.93. The van der Waals surface area contributed by atoms with E-state index in [0.29, 0.717) is 6.54 Å². The highest BCUT2D eigenvalue weighted by molar-refractivity contribution is 9.11. The number of rotatable bonds is 4. The second kappa shape index (κ2) is 6.52. The monoisotopic (exact) mass is 382 g/mol. The highest BCUT2D eigenvalue weighted by atomic mass is 79.9. The minimum Gasteiger partial charge on any atom is -0.339 e. The van der Waals surface area contributed by atoms with Crippen molar-refractivity contribution in [2.75, 3.05) is 20.1 Å². The SMILES string of the molecule is CN(Cc1csc(Br)c1)C(=O)C1(n2cccn2)CCNCC1. The fraction of sp³-hybridized carbons (Fsp3) is 0.467. The summed E-state index contributed by atoms with van der Waals surface area (Å²) in [6.45, 7) is 2.30. The molecule has 0 radical (unpaired) electrons. The Kier molecular flexibility index (Phi) is 4.65. The number of nitrogens with zero attached hydrogens (tertiary/aromatic N) is 3. The van der Waals surface area contributed by atoms with Gasteiger partial charge in [-0.3, -0.25) is 9.48 Å². The Balaban J connectivity index is 1.83. The van der Waals surface area contributed by atoms with Crippen LogP contribution in [0.2, 0.25) is 0 Å². The first-order valence-electron chi connectivity index (χ1n) is 7.31. The first-order chi connectivity index (χ1) is 10.6. The van der Waals surface area contributed by atoms with Gasteiger partial charge in [0.2, 0.25) is 0 Å². The predicted molar refractivity (Wildman–Crippen MR) is 90.8 cm³/mol. The minimum absolute atomic E-state index is 0.139. The molecule has 0 bridgehead atoms. The van der Waals surface area contributed by atoms with E-state index in [1.165, 1.54) is 0 Å². The van der Waals surface area contributed by atoms with Gasteiger partial charge >= 0.3 is 0 Å². The molecule has 3 rings (SSSR count). The van der Waals surface area contributed by atoms with Crippen molar-refractivity contribution in [2.45, 2.75) is 24.9 Å². The zero-order valence-corrected chi connectivity index (χ0v) is 14.9. The molecule has 0 spiro atoms. The molecule has 22 heavy (non-hydrogen) atoms. The Morgan fingerprint density at radius 1 is 1.55 bits per heavy atom. The quantitative estimate of drug-likeness (QED) is 0.883. The van der Waals surface area contributed by atoms with E-state index < -0.39 is 5.54 Å². The number of amides is 1. The summed E-state index contributed by atoms with van der Waals surface area (Å²) in [5.41, 5.74) is 0.591. The first kappa shape index (κ1) is 15.7. The summed E-state index contributed by atoms with van der Waals surface area (Å²) in [5.74, 6) is 0.139. The highest BCUT2D eigenvalue weighted by Crippen LogP contribution is 2.30. The number of thiophene rings is 1. The van der Waals surface area contributed by atoms with Crippen LogP contribution in [0.5, 0.6) is 0 Å². The van der Waals surface area contributed by atoms with E-state index in [2.05, 4.69) is 37.8 Å². The zero-order valence-electron chi connectivity index (χ0n) is 12.5. The Hall–Kier alpha value is -1.18. The van der Waals surface area contributed by atoms with Crippen molar-refractivity contribution in [1.29, 1.82) is 0 Å². The van der Waals surface area contributed by atoms with Crippen LogP contribution >= 0.6 is 27.3 Å². The van der Waals surface area contributed by atoms with Gasteiger partial charge in [0.25, 0.3) is 5.91 Å². The van der Waals surface area contributed by atoms with Crippen LogP contribution < -0.4 is 5.32 Å². The minimum atomic E-state index is -0.559. The normalized spacial score (nSPS) is 17.4. The van der Waals surface area contributed by atoms with Crippen LogP contribution in [0.4, 0.5) is 0 Å². The summed E-state index contributed by atoms with van der Waals surface area (Å²) in [7, 11) is 1.88. The van der Waals surface area contributed by atoms with Gasteiger partial charge in [-0.15, -0.1) is 11.3 Å². The Bertz CT molecular complexity index is 634. The van der Waals surface area contributed by atoms with Gasteiger partial charge in [-0.25, -0.2) is 0 Å². The number of likely N-dealkylation sites (N-methyl/N-ethyl adjacent to an activating group) is 1. The lowest BCUT2D eigenvalue weighted by Crippen LogP contribution is -2.54. The molecule has 0 unspecified atom stereocenters. The fourth-order valence-electron chi connectivity index (χ4n) is 3.03. The average molecular weight is 383 g/mol. The van der Waals surface area contributed by atoms with Crippen molar-refractivity contribution in [1.82, 2.24) is 20.0 Å². The average Bonchev–Trinajstić information content (AvgIpc) is 3.19. The number of hydrogen-bond acceptors (Lipinski definition) is 4. The van der Waals surface area contributed by atoms with Crippen molar-refractivity contribution >= 4 is 33.2 Å². The number of piperidine rings is 1. The van der Waals surface area contributed by atoms with Crippen LogP contribution in [0, 0.1) is 0 Å². The van der Waals surface area contributed by atoms with Crippen LogP contribution in [-0.2, 0) is 16.9 Å². The van der Waals surface area contributed by atoms with Crippen LogP contribution in [0.15, 0.2) is 33.7 Å². The summed E-state index contributed by atoms with van der Waals surface area (Å²) in [6.07, 6.45) is 5.18. The van der Waals surface area contributed by atoms with Gasteiger partial charge in [0, 0.05) is 26.0 Å². The van der Waals surface area contributed by atoms with Gasteiger partial charge in [-0.05, 0) is 64.9 Å². The molecule has 0 aromatic carbocycles. The molecule has 118 valence electrons. The van der Waals surface area contributed by atoms with Crippen LogP contribution in [-0.4, -0.2) is 40.7 Å². The summed E-state index contributed by atoms with van der Waals surface area (Å²) in [6, 6.07) is 3.95. The second-order valence-electron chi connectivity index (χ2n) is 5.65. The lowest BCUT2D eigenvalue weighted by Gasteiger charge is -2.39. The number of nitrogens with one attached hydrogen (secondary N) is 1. The Morgan fingerprint density at radius 3 is 2.91 bits per heavy atom. The maximum atomic E-state index is 13.2. The van der Waals surface area contributed by atoms with Gasteiger partial charge in [0.1, 0.15) is 5.54 Å². The van der Waals surface area contributed by atoms with Crippen LogP contribution in [0.1, 0.15) is 18.4 Å². The smallest absolute Gasteiger partial charge is 0.250 e. The molecule has 2 aromatic rings. The summed E-state index contributed by atoms with van der Waals surface area (Å²) in [4.78, 5) is 15.0. The van der Waals surface area contributed by atoms with Crippen LogP contribution in [0.3, 0.4) is 0 Å².